The fraction of sp³-hybridized carbons (Fsp3) is 0.833. The Kier molecular flexibility index (Phi) is 3.49. The molecule has 0 bridgehead atoms. The minimum absolute atomic E-state index is 0.00350. The number of likely N-dealkylation sites (tertiary alicyclic amines) is 1. The lowest BCUT2D eigenvalue weighted by Gasteiger charge is -2.21. The Balaban J connectivity index is 2.02. The highest BCUT2D eigenvalue weighted by Gasteiger charge is 2.24. The van der Waals surface area contributed by atoms with Crippen LogP contribution in [-0.2, 0) is 12.1 Å². The summed E-state index contributed by atoms with van der Waals surface area (Å²) in [7, 11) is 0. The van der Waals surface area contributed by atoms with Gasteiger partial charge in [0.05, 0.1) is 17.4 Å². The predicted octanol–water partition coefficient (Wildman–Crippen LogP) is 0.956. The first-order chi connectivity index (χ1) is 8.00. The van der Waals surface area contributed by atoms with E-state index in [-0.39, 0.29) is 5.54 Å². The van der Waals surface area contributed by atoms with Crippen molar-refractivity contribution in [3.8, 4) is 0 Å². The first-order valence-corrected chi connectivity index (χ1v) is 6.36. The van der Waals surface area contributed by atoms with Gasteiger partial charge in [-0.1, -0.05) is 5.21 Å². The monoisotopic (exact) mass is 237 g/mol. The van der Waals surface area contributed by atoms with E-state index >= 15 is 0 Å². The van der Waals surface area contributed by atoms with Crippen LogP contribution in [-0.4, -0.2) is 39.0 Å². The van der Waals surface area contributed by atoms with Gasteiger partial charge in [-0.2, -0.15) is 0 Å². The molecule has 5 heteroatoms. The summed E-state index contributed by atoms with van der Waals surface area (Å²) in [6, 6.07) is 0.523. The third-order valence-electron chi connectivity index (χ3n) is 3.36. The highest BCUT2D eigenvalue weighted by molar-refractivity contribution is 4.96. The Labute approximate surface area is 103 Å². The molecule has 2 N–H and O–H groups in total. The molecule has 0 amide bonds. The smallest absolute Gasteiger partial charge is 0.0967 e. The Morgan fingerprint density at radius 2 is 2.24 bits per heavy atom. The Bertz CT molecular complexity index is 365. The molecule has 0 spiro atoms. The van der Waals surface area contributed by atoms with E-state index in [0.29, 0.717) is 6.04 Å². The molecule has 0 aliphatic carbocycles. The molecule has 1 aromatic rings. The van der Waals surface area contributed by atoms with Crippen LogP contribution in [0.15, 0.2) is 6.20 Å². The average Bonchev–Trinajstić information content (AvgIpc) is 2.86. The van der Waals surface area contributed by atoms with Crippen molar-refractivity contribution in [2.75, 3.05) is 13.1 Å². The van der Waals surface area contributed by atoms with Crippen molar-refractivity contribution in [3.05, 3.63) is 11.9 Å². The molecule has 2 rings (SSSR count). The average molecular weight is 237 g/mol. The number of hydrogen-bond donors (Lipinski definition) is 1. The molecule has 1 unspecified atom stereocenters. The molecule has 1 aromatic heterocycles. The van der Waals surface area contributed by atoms with Crippen molar-refractivity contribution in [3.63, 3.8) is 0 Å². The number of nitrogens with two attached hydrogens (primary N) is 1. The molecule has 0 saturated carbocycles. The highest BCUT2D eigenvalue weighted by atomic mass is 15.4. The van der Waals surface area contributed by atoms with Gasteiger partial charge in [-0.3, -0.25) is 4.90 Å². The van der Waals surface area contributed by atoms with Crippen molar-refractivity contribution in [2.24, 2.45) is 5.73 Å². The van der Waals surface area contributed by atoms with Crippen LogP contribution in [0.25, 0.3) is 0 Å². The van der Waals surface area contributed by atoms with E-state index in [0.717, 1.165) is 25.3 Å². The lowest BCUT2D eigenvalue weighted by Crippen LogP contribution is -2.34. The summed E-state index contributed by atoms with van der Waals surface area (Å²) in [5, 5.41) is 8.43. The zero-order chi connectivity index (χ0) is 12.5. The molecule has 0 aromatic carbocycles. The van der Waals surface area contributed by atoms with Gasteiger partial charge in [0.15, 0.2) is 0 Å². The molecular formula is C12H23N5. The van der Waals surface area contributed by atoms with Crippen molar-refractivity contribution >= 4 is 0 Å². The molecule has 2 heterocycles. The molecule has 1 fully saturated rings. The molecule has 1 atom stereocenters. The second-order valence-electron chi connectivity index (χ2n) is 5.83. The van der Waals surface area contributed by atoms with E-state index in [9.17, 15) is 0 Å². The summed E-state index contributed by atoms with van der Waals surface area (Å²) in [6.45, 7) is 9.13. The zero-order valence-electron chi connectivity index (χ0n) is 11.1. The van der Waals surface area contributed by atoms with Gasteiger partial charge in [0.1, 0.15) is 0 Å². The van der Waals surface area contributed by atoms with E-state index in [1.807, 2.05) is 10.9 Å². The standard InChI is InChI=1S/C12H23N5/c1-12(2,3)17-9-10(14-15-17)8-16-6-4-5-11(16)7-13/h9,11H,4-8,13H2,1-3H3. The van der Waals surface area contributed by atoms with Crippen LogP contribution in [0.4, 0.5) is 0 Å². The van der Waals surface area contributed by atoms with Crippen LogP contribution >= 0.6 is 0 Å². The quantitative estimate of drug-likeness (QED) is 0.850. The van der Waals surface area contributed by atoms with E-state index < -0.39 is 0 Å². The van der Waals surface area contributed by atoms with Gasteiger partial charge >= 0.3 is 0 Å². The minimum atomic E-state index is 0.00350. The number of nitrogens with zero attached hydrogens (tertiary/aromatic N) is 4. The van der Waals surface area contributed by atoms with Crippen LogP contribution < -0.4 is 5.73 Å². The fourth-order valence-electron chi connectivity index (χ4n) is 2.28. The van der Waals surface area contributed by atoms with Crippen LogP contribution in [0.2, 0.25) is 0 Å². The minimum Gasteiger partial charge on any atom is -0.329 e. The van der Waals surface area contributed by atoms with E-state index in [4.69, 9.17) is 5.73 Å². The maximum atomic E-state index is 5.77. The Morgan fingerprint density at radius 3 is 2.82 bits per heavy atom. The van der Waals surface area contributed by atoms with Crippen molar-refractivity contribution in [1.82, 2.24) is 19.9 Å². The molecule has 96 valence electrons. The SMILES string of the molecule is CC(C)(C)n1cc(CN2CCCC2CN)nn1. The van der Waals surface area contributed by atoms with Gasteiger partial charge in [0, 0.05) is 19.1 Å². The topological polar surface area (TPSA) is 60.0 Å². The molecular weight excluding hydrogens is 214 g/mol. The summed E-state index contributed by atoms with van der Waals surface area (Å²) >= 11 is 0. The van der Waals surface area contributed by atoms with Crippen LogP contribution in [0.5, 0.6) is 0 Å². The number of aromatic nitrogens is 3. The molecule has 1 aliphatic heterocycles. The largest absolute Gasteiger partial charge is 0.329 e. The summed E-state index contributed by atoms with van der Waals surface area (Å²) < 4.78 is 1.93. The normalized spacial score (nSPS) is 22.2. The second kappa shape index (κ2) is 4.74. The van der Waals surface area contributed by atoms with Crippen molar-refractivity contribution in [1.29, 1.82) is 0 Å². The first-order valence-electron chi connectivity index (χ1n) is 6.36. The van der Waals surface area contributed by atoms with Gasteiger partial charge in [-0.15, -0.1) is 5.10 Å². The fourth-order valence-corrected chi connectivity index (χ4v) is 2.28. The zero-order valence-corrected chi connectivity index (χ0v) is 11.1. The summed E-state index contributed by atoms with van der Waals surface area (Å²) in [5.41, 5.74) is 6.81. The van der Waals surface area contributed by atoms with E-state index in [1.165, 1.54) is 12.8 Å². The van der Waals surface area contributed by atoms with Crippen molar-refractivity contribution in [2.45, 2.75) is 51.7 Å². The van der Waals surface area contributed by atoms with Crippen LogP contribution in [0.1, 0.15) is 39.3 Å². The highest BCUT2D eigenvalue weighted by Crippen LogP contribution is 2.19. The molecule has 0 radical (unpaired) electrons. The molecule has 17 heavy (non-hydrogen) atoms. The third kappa shape index (κ3) is 2.84. The van der Waals surface area contributed by atoms with Gasteiger partial charge < -0.3 is 5.73 Å². The maximum Gasteiger partial charge on any atom is 0.0967 e. The van der Waals surface area contributed by atoms with Gasteiger partial charge in [0.25, 0.3) is 0 Å². The van der Waals surface area contributed by atoms with Gasteiger partial charge in [0.2, 0.25) is 0 Å². The van der Waals surface area contributed by atoms with Crippen molar-refractivity contribution < 1.29 is 0 Å². The third-order valence-corrected chi connectivity index (χ3v) is 3.36. The maximum absolute atomic E-state index is 5.77. The van der Waals surface area contributed by atoms with E-state index in [2.05, 4.69) is 36.0 Å². The molecule has 1 saturated heterocycles. The Hall–Kier alpha value is -0.940. The van der Waals surface area contributed by atoms with Gasteiger partial charge in [-0.25, -0.2) is 4.68 Å². The second-order valence-corrected chi connectivity index (χ2v) is 5.83. The lowest BCUT2D eigenvalue weighted by molar-refractivity contribution is 0.247. The van der Waals surface area contributed by atoms with Crippen LogP contribution in [0, 0.1) is 0 Å². The summed E-state index contributed by atoms with van der Waals surface area (Å²) in [4.78, 5) is 2.41. The molecule has 1 aliphatic rings. The molecule has 5 nitrogen and oxygen atoms in total. The first kappa shape index (κ1) is 12.5. The number of hydrogen-bond acceptors (Lipinski definition) is 4. The van der Waals surface area contributed by atoms with Crippen LogP contribution in [0.3, 0.4) is 0 Å². The Morgan fingerprint density at radius 1 is 1.47 bits per heavy atom. The van der Waals surface area contributed by atoms with E-state index in [1.54, 1.807) is 0 Å². The lowest BCUT2D eigenvalue weighted by atomic mass is 10.1. The van der Waals surface area contributed by atoms with Gasteiger partial charge in [-0.05, 0) is 40.2 Å². The summed E-state index contributed by atoms with van der Waals surface area (Å²) in [5.74, 6) is 0. The number of rotatable bonds is 3. The predicted molar refractivity (Wildman–Crippen MR) is 67.5 cm³/mol. The summed E-state index contributed by atoms with van der Waals surface area (Å²) in [6.07, 6.45) is 4.51.